The number of phenolic OH excluding ortho intramolecular Hbond substituents is 2. The van der Waals surface area contributed by atoms with E-state index < -0.39 is 0 Å². The third-order valence-corrected chi connectivity index (χ3v) is 5.16. The highest BCUT2D eigenvalue weighted by Crippen LogP contribution is 2.26. The van der Waals surface area contributed by atoms with Gasteiger partial charge in [0, 0.05) is 45.2 Å². The van der Waals surface area contributed by atoms with Crippen molar-refractivity contribution in [3.8, 4) is 11.5 Å². The van der Waals surface area contributed by atoms with Gasteiger partial charge in [-0.3, -0.25) is 9.69 Å². The summed E-state index contributed by atoms with van der Waals surface area (Å²) in [6.45, 7) is 3.26. The summed E-state index contributed by atoms with van der Waals surface area (Å²) in [6, 6.07) is 8.21. The Bertz CT molecular complexity index is 931. The molecule has 0 aliphatic carbocycles. The average molecular weight is 412 g/mol. The SMILES string of the molecule is CCC(=O)N1CCCc2ccc(CCNC(=O)N(C)Cc3ccc(O)c(O)c3)nc21. The van der Waals surface area contributed by atoms with Gasteiger partial charge in [0.15, 0.2) is 11.5 Å². The summed E-state index contributed by atoms with van der Waals surface area (Å²) in [7, 11) is 1.66. The molecule has 1 aromatic heterocycles. The average Bonchev–Trinajstić information content (AvgIpc) is 2.75. The van der Waals surface area contributed by atoms with E-state index in [1.807, 2.05) is 19.1 Å². The highest BCUT2D eigenvalue weighted by molar-refractivity contribution is 5.93. The molecule has 1 aliphatic rings. The number of aryl methyl sites for hydroxylation is 1. The van der Waals surface area contributed by atoms with Crippen LogP contribution in [0.2, 0.25) is 0 Å². The van der Waals surface area contributed by atoms with Crippen LogP contribution in [0.4, 0.5) is 10.6 Å². The van der Waals surface area contributed by atoms with Crippen molar-refractivity contribution in [2.24, 2.45) is 0 Å². The van der Waals surface area contributed by atoms with Crippen molar-refractivity contribution >= 4 is 17.8 Å². The van der Waals surface area contributed by atoms with Crippen LogP contribution in [0.1, 0.15) is 36.6 Å². The van der Waals surface area contributed by atoms with E-state index in [1.165, 1.54) is 17.0 Å². The number of amides is 3. The van der Waals surface area contributed by atoms with Crippen LogP contribution in [0.3, 0.4) is 0 Å². The minimum atomic E-state index is -0.247. The van der Waals surface area contributed by atoms with E-state index in [4.69, 9.17) is 0 Å². The predicted octanol–water partition coefficient (Wildman–Crippen LogP) is 2.57. The number of anilines is 1. The van der Waals surface area contributed by atoms with E-state index >= 15 is 0 Å². The largest absolute Gasteiger partial charge is 0.504 e. The molecular formula is C22H28N4O4. The second kappa shape index (κ2) is 9.47. The summed E-state index contributed by atoms with van der Waals surface area (Å²) >= 11 is 0. The minimum Gasteiger partial charge on any atom is -0.504 e. The fourth-order valence-electron chi connectivity index (χ4n) is 3.50. The third kappa shape index (κ3) is 5.00. The maximum absolute atomic E-state index is 12.3. The molecule has 3 rings (SSSR count). The van der Waals surface area contributed by atoms with Gasteiger partial charge in [0.1, 0.15) is 5.82 Å². The molecule has 0 bridgehead atoms. The van der Waals surface area contributed by atoms with Gasteiger partial charge in [-0.05, 0) is 42.2 Å². The van der Waals surface area contributed by atoms with Gasteiger partial charge >= 0.3 is 6.03 Å². The van der Waals surface area contributed by atoms with Gasteiger partial charge in [-0.15, -0.1) is 0 Å². The summed E-state index contributed by atoms with van der Waals surface area (Å²) in [5.74, 6) is 0.426. The highest BCUT2D eigenvalue weighted by Gasteiger charge is 2.23. The number of nitrogens with zero attached hydrogens (tertiary/aromatic N) is 3. The van der Waals surface area contributed by atoms with E-state index in [0.29, 0.717) is 38.0 Å². The fraction of sp³-hybridized carbons (Fsp3) is 0.409. The van der Waals surface area contributed by atoms with Gasteiger partial charge in [-0.1, -0.05) is 19.1 Å². The predicted molar refractivity (Wildman–Crippen MR) is 114 cm³/mol. The number of fused-ring (bicyclic) bond motifs is 1. The number of carbonyl (C=O) groups excluding carboxylic acids is 2. The van der Waals surface area contributed by atoms with E-state index in [1.54, 1.807) is 18.0 Å². The molecule has 0 radical (unpaired) electrons. The topological polar surface area (TPSA) is 106 Å². The molecule has 0 saturated carbocycles. The van der Waals surface area contributed by atoms with Crippen molar-refractivity contribution in [3.05, 3.63) is 47.2 Å². The fourth-order valence-corrected chi connectivity index (χ4v) is 3.50. The Morgan fingerprint density at radius 3 is 2.73 bits per heavy atom. The molecule has 1 aromatic carbocycles. The first-order chi connectivity index (χ1) is 14.4. The maximum Gasteiger partial charge on any atom is 0.317 e. The van der Waals surface area contributed by atoms with Crippen molar-refractivity contribution in [1.82, 2.24) is 15.2 Å². The Hall–Kier alpha value is -3.29. The molecule has 3 amide bonds. The lowest BCUT2D eigenvalue weighted by atomic mass is 10.0. The van der Waals surface area contributed by atoms with Crippen LogP contribution in [-0.2, 0) is 24.2 Å². The number of phenols is 2. The molecule has 0 unspecified atom stereocenters. The lowest BCUT2D eigenvalue weighted by Gasteiger charge is -2.28. The van der Waals surface area contributed by atoms with Crippen molar-refractivity contribution in [3.63, 3.8) is 0 Å². The highest BCUT2D eigenvalue weighted by atomic mass is 16.3. The lowest BCUT2D eigenvalue weighted by Crippen LogP contribution is -2.38. The smallest absolute Gasteiger partial charge is 0.317 e. The quantitative estimate of drug-likeness (QED) is 0.633. The molecule has 1 aliphatic heterocycles. The van der Waals surface area contributed by atoms with E-state index in [-0.39, 0.29) is 23.4 Å². The second-order valence-corrected chi connectivity index (χ2v) is 7.45. The van der Waals surface area contributed by atoms with Crippen LogP contribution in [0, 0.1) is 0 Å². The van der Waals surface area contributed by atoms with E-state index in [2.05, 4.69) is 10.3 Å². The van der Waals surface area contributed by atoms with Gasteiger partial charge < -0.3 is 20.4 Å². The molecule has 0 atom stereocenters. The molecule has 0 spiro atoms. The van der Waals surface area contributed by atoms with Gasteiger partial charge in [-0.2, -0.15) is 0 Å². The molecule has 2 aromatic rings. The zero-order valence-electron chi connectivity index (χ0n) is 17.4. The number of carbonyl (C=O) groups is 2. The number of nitrogens with one attached hydrogen (secondary N) is 1. The molecule has 0 saturated heterocycles. The van der Waals surface area contributed by atoms with Crippen LogP contribution in [0.5, 0.6) is 11.5 Å². The van der Waals surface area contributed by atoms with E-state index in [0.717, 1.165) is 29.9 Å². The van der Waals surface area contributed by atoms with Crippen LogP contribution < -0.4 is 10.2 Å². The molecule has 8 heteroatoms. The van der Waals surface area contributed by atoms with Gasteiger partial charge in [0.25, 0.3) is 0 Å². The second-order valence-electron chi connectivity index (χ2n) is 7.45. The Kier molecular flexibility index (Phi) is 6.76. The molecule has 160 valence electrons. The first-order valence-electron chi connectivity index (χ1n) is 10.2. The van der Waals surface area contributed by atoms with Crippen molar-refractivity contribution in [1.29, 1.82) is 0 Å². The Morgan fingerprint density at radius 1 is 1.20 bits per heavy atom. The van der Waals surface area contributed by atoms with Gasteiger partial charge in [-0.25, -0.2) is 9.78 Å². The summed E-state index contributed by atoms with van der Waals surface area (Å²) in [4.78, 5) is 32.5. The zero-order chi connectivity index (χ0) is 21.7. The van der Waals surface area contributed by atoms with Gasteiger partial charge in [0.05, 0.1) is 0 Å². The lowest BCUT2D eigenvalue weighted by molar-refractivity contribution is -0.118. The number of pyridine rings is 1. The van der Waals surface area contributed by atoms with E-state index in [9.17, 15) is 19.8 Å². The Balaban J connectivity index is 1.55. The monoisotopic (exact) mass is 412 g/mol. The number of aromatic nitrogens is 1. The number of urea groups is 1. The number of hydrogen-bond donors (Lipinski definition) is 3. The van der Waals surface area contributed by atoms with Crippen LogP contribution in [-0.4, -0.2) is 52.2 Å². The summed E-state index contributed by atoms with van der Waals surface area (Å²) < 4.78 is 0. The standard InChI is InChI=1S/C22H28N4O4/c1-3-20(29)26-12-4-5-16-7-8-17(24-21(16)26)10-11-23-22(30)25(2)14-15-6-9-18(27)19(28)13-15/h6-9,13,27-28H,3-5,10-12,14H2,1-2H3,(H,23,30). The maximum atomic E-state index is 12.3. The number of benzene rings is 1. The third-order valence-electron chi connectivity index (χ3n) is 5.16. The number of hydrogen-bond acceptors (Lipinski definition) is 5. The van der Waals surface area contributed by atoms with Crippen molar-refractivity contribution in [2.45, 2.75) is 39.2 Å². The molecule has 30 heavy (non-hydrogen) atoms. The molecule has 8 nitrogen and oxygen atoms in total. The molecular weight excluding hydrogens is 384 g/mol. The Labute approximate surface area is 176 Å². The van der Waals surface area contributed by atoms with Crippen LogP contribution in [0.15, 0.2) is 30.3 Å². The van der Waals surface area contributed by atoms with Crippen LogP contribution >= 0.6 is 0 Å². The van der Waals surface area contributed by atoms with Crippen LogP contribution in [0.25, 0.3) is 0 Å². The number of aromatic hydroxyl groups is 2. The summed E-state index contributed by atoms with van der Waals surface area (Å²) in [6.07, 6.45) is 2.87. The summed E-state index contributed by atoms with van der Waals surface area (Å²) in [5, 5.41) is 21.8. The normalized spacial score (nSPS) is 12.9. The first kappa shape index (κ1) is 21.4. The molecule has 2 heterocycles. The number of rotatable bonds is 6. The van der Waals surface area contributed by atoms with Crippen molar-refractivity contribution in [2.75, 3.05) is 25.0 Å². The van der Waals surface area contributed by atoms with Gasteiger partial charge in [0.2, 0.25) is 5.91 Å². The van der Waals surface area contributed by atoms with Crippen molar-refractivity contribution < 1.29 is 19.8 Å². The Morgan fingerprint density at radius 2 is 2.00 bits per heavy atom. The molecule has 0 fully saturated rings. The first-order valence-corrected chi connectivity index (χ1v) is 10.2. The minimum absolute atomic E-state index is 0.0794. The molecule has 3 N–H and O–H groups in total. The zero-order valence-corrected chi connectivity index (χ0v) is 17.4. The summed E-state index contributed by atoms with van der Waals surface area (Å²) in [5.41, 5.74) is 2.63.